The van der Waals surface area contributed by atoms with Gasteiger partial charge in [-0.25, -0.2) is 0 Å². The van der Waals surface area contributed by atoms with Crippen molar-refractivity contribution in [3.05, 3.63) is 65.2 Å². The SMILES string of the molecule is CCc1ccc(C(NC(=O)c2cccc(OCC(N)=O)c2)C(C)C)cc1. The second kappa shape index (κ2) is 9.04. The van der Waals surface area contributed by atoms with E-state index in [1.54, 1.807) is 24.3 Å². The molecule has 0 heterocycles. The van der Waals surface area contributed by atoms with Crippen molar-refractivity contribution in [1.82, 2.24) is 5.32 Å². The van der Waals surface area contributed by atoms with E-state index in [-0.39, 0.29) is 24.5 Å². The Morgan fingerprint density at radius 1 is 1.12 bits per heavy atom. The molecule has 0 radical (unpaired) electrons. The Bertz CT molecular complexity index is 754. The van der Waals surface area contributed by atoms with E-state index in [2.05, 4.69) is 50.4 Å². The summed E-state index contributed by atoms with van der Waals surface area (Å²) in [6, 6.07) is 14.9. The predicted octanol–water partition coefficient (Wildman–Crippen LogP) is 3.24. The largest absolute Gasteiger partial charge is 0.484 e. The number of nitrogens with two attached hydrogens (primary N) is 1. The lowest BCUT2D eigenvalue weighted by Crippen LogP contribution is -2.31. The van der Waals surface area contributed by atoms with Crippen LogP contribution in [-0.2, 0) is 11.2 Å². The summed E-state index contributed by atoms with van der Waals surface area (Å²) in [5, 5.41) is 3.09. The molecule has 0 aliphatic heterocycles. The first kappa shape index (κ1) is 19.5. The number of carbonyl (C=O) groups excluding carboxylic acids is 2. The third kappa shape index (κ3) is 5.34. The molecule has 0 aliphatic carbocycles. The van der Waals surface area contributed by atoms with E-state index in [0.717, 1.165) is 12.0 Å². The van der Waals surface area contributed by atoms with Crippen molar-refractivity contribution < 1.29 is 14.3 Å². The van der Waals surface area contributed by atoms with Gasteiger partial charge in [0, 0.05) is 5.56 Å². The third-order valence-corrected chi connectivity index (χ3v) is 4.18. The molecule has 2 rings (SSSR count). The highest BCUT2D eigenvalue weighted by molar-refractivity contribution is 5.94. The quantitative estimate of drug-likeness (QED) is 0.763. The van der Waals surface area contributed by atoms with Gasteiger partial charge in [-0.15, -0.1) is 0 Å². The van der Waals surface area contributed by atoms with Gasteiger partial charge in [0.1, 0.15) is 5.75 Å². The zero-order chi connectivity index (χ0) is 19.1. The number of carbonyl (C=O) groups is 2. The van der Waals surface area contributed by atoms with Gasteiger partial charge in [0.2, 0.25) is 0 Å². The van der Waals surface area contributed by atoms with Crippen LogP contribution in [0.5, 0.6) is 5.75 Å². The monoisotopic (exact) mass is 354 g/mol. The summed E-state index contributed by atoms with van der Waals surface area (Å²) < 4.78 is 5.27. The van der Waals surface area contributed by atoms with E-state index >= 15 is 0 Å². The molecule has 3 N–H and O–H groups in total. The van der Waals surface area contributed by atoms with Crippen molar-refractivity contribution >= 4 is 11.8 Å². The lowest BCUT2D eigenvalue weighted by atomic mass is 9.94. The molecule has 5 nitrogen and oxygen atoms in total. The Labute approximate surface area is 154 Å². The molecule has 1 atom stereocenters. The number of hydrogen-bond acceptors (Lipinski definition) is 3. The Balaban J connectivity index is 2.14. The number of aryl methyl sites for hydroxylation is 1. The maximum atomic E-state index is 12.7. The van der Waals surface area contributed by atoms with Crippen LogP contribution in [0, 0.1) is 5.92 Å². The summed E-state index contributed by atoms with van der Waals surface area (Å²) in [6.07, 6.45) is 0.983. The van der Waals surface area contributed by atoms with Gasteiger partial charge in [-0.2, -0.15) is 0 Å². The highest BCUT2D eigenvalue weighted by Crippen LogP contribution is 2.23. The fourth-order valence-corrected chi connectivity index (χ4v) is 2.70. The third-order valence-electron chi connectivity index (χ3n) is 4.18. The number of hydrogen-bond donors (Lipinski definition) is 2. The summed E-state index contributed by atoms with van der Waals surface area (Å²) >= 11 is 0. The van der Waals surface area contributed by atoms with E-state index in [4.69, 9.17) is 10.5 Å². The van der Waals surface area contributed by atoms with Crippen LogP contribution in [0.15, 0.2) is 48.5 Å². The van der Waals surface area contributed by atoms with Crippen molar-refractivity contribution in [2.45, 2.75) is 33.2 Å². The molecule has 0 saturated carbocycles. The van der Waals surface area contributed by atoms with Gasteiger partial charge in [-0.05, 0) is 41.7 Å². The minimum absolute atomic E-state index is 0.0939. The number of benzene rings is 2. The van der Waals surface area contributed by atoms with Crippen LogP contribution >= 0.6 is 0 Å². The maximum Gasteiger partial charge on any atom is 0.255 e. The first-order valence-corrected chi connectivity index (χ1v) is 8.81. The number of nitrogens with one attached hydrogen (secondary N) is 1. The number of rotatable bonds is 8. The van der Waals surface area contributed by atoms with Gasteiger partial charge >= 0.3 is 0 Å². The lowest BCUT2D eigenvalue weighted by molar-refractivity contribution is -0.119. The van der Waals surface area contributed by atoms with Crippen LogP contribution in [0.4, 0.5) is 0 Å². The minimum atomic E-state index is -0.560. The van der Waals surface area contributed by atoms with E-state index in [0.29, 0.717) is 11.3 Å². The molecule has 1 unspecified atom stereocenters. The molecule has 0 aromatic heterocycles. The Kier molecular flexibility index (Phi) is 6.78. The van der Waals surface area contributed by atoms with Gasteiger partial charge in [-0.3, -0.25) is 9.59 Å². The molecule has 2 aromatic rings. The van der Waals surface area contributed by atoms with Crippen LogP contribution in [0.3, 0.4) is 0 Å². The van der Waals surface area contributed by atoms with Crippen LogP contribution in [-0.4, -0.2) is 18.4 Å². The minimum Gasteiger partial charge on any atom is -0.484 e. The van der Waals surface area contributed by atoms with Gasteiger partial charge in [0.15, 0.2) is 6.61 Å². The van der Waals surface area contributed by atoms with Crippen LogP contribution in [0.2, 0.25) is 0 Å². The second-order valence-electron chi connectivity index (χ2n) is 6.57. The number of ether oxygens (including phenoxy) is 1. The van der Waals surface area contributed by atoms with Crippen molar-refractivity contribution in [3.63, 3.8) is 0 Å². The normalized spacial score (nSPS) is 11.8. The Morgan fingerprint density at radius 3 is 2.38 bits per heavy atom. The average Bonchev–Trinajstić information content (AvgIpc) is 2.64. The molecular formula is C21H26N2O3. The van der Waals surface area contributed by atoms with E-state index in [1.807, 2.05) is 0 Å². The zero-order valence-electron chi connectivity index (χ0n) is 15.5. The number of amides is 2. The Hall–Kier alpha value is -2.82. The predicted molar refractivity (Wildman–Crippen MR) is 102 cm³/mol. The topological polar surface area (TPSA) is 81.4 Å². The standard InChI is InChI=1S/C21H26N2O3/c1-4-15-8-10-16(11-9-15)20(14(2)3)23-21(25)17-6-5-7-18(12-17)26-13-19(22)24/h5-12,14,20H,4,13H2,1-3H3,(H2,22,24)(H,23,25). The molecule has 0 saturated heterocycles. The summed E-state index contributed by atoms with van der Waals surface area (Å²) in [6.45, 7) is 6.05. The van der Waals surface area contributed by atoms with Crippen LogP contribution in [0.25, 0.3) is 0 Å². The van der Waals surface area contributed by atoms with E-state index in [9.17, 15) is 9.59 Å². The first-order valence-electron chi connectivity index (χ1n) is 8.81. The highest BCUT2D eigenvalue weighted by atomic mass is 16.5. The van der Waals surface area contributed by atoms with Crippen molar-refractivity contribution in [2.75, 3.05) is 6.61 Å². The van der Waals surface area contributed by atoms with E-state index in [1.165, 1.54) is 5.56 Å². The van der Waals surface area contributed by atoms with Gasteiger partial charge in [-0.1, -0.05) is 51.1 Å². The first-order chi connectivity index (χ1) is 12.4. The molecule has 26 heavy (non-hydrogen) atoms. The van der Waals surface area contributed by atoms with Gasteiger partial charge < -0.3 is 15.8 Å². The lowest BCUT2D eigenvalue weighted by Gasteiger charge is -2.23. The molecule has 0 aliphatic rings. The Morgan fingerprint density at radius 2 is 1.81 bits per heavy atom. The smallest absolute Gasteiger partial charge is 0.255 e. The van der Waals surface area contributed by atoms with Crippen LogP contribution < -0.4 is 15.8 Å². The zero-order valence-corrected chi connectivity index (χ0v) is 15.5. The molecule has 2 aromatic carbocycles. The van der Waals surface area contributed by atoms with Gasteiger partial charge in [0.25, 0.3) is 11.8 Å². The maximum absolute atomic E-state index is 12.7. The summed E-state index contributed by atoms with van der Waals surface area (Å²) in [5.41, 5.74) is 7.90. The fourth-order valence-electron chi connectivity index (χ4n) is 2.70. The molecule has 138 valence electrons. The second-order valence-corrected chi connectivity index (χ2v) is 6.57. The van der Waals surface area contributed by atoms with Gasteiger partial charge in [0.05, 0.1) is 6.04 Å². The van der Waals surface area contributed by atoms with Crippen molar-refractivity contribution in [1.29, 1.82) is 0 Å². The summed E-state index contributed by atoms with van der Waals surface area (Å²) in [5.74, 6) is -0.0754. The summed E-state index contributed by atoms with van der Waals surface area (Å²) in [4.78, 5) is 23.5. The molecule has 0 bridgehead atoms. The summed E-state index contributed by atoms with van der Waals surface area (Å²) in [7, 11) is 0. The van der Waals surface area contributed by atoms with Crippen molar-refractivity contribution in [3.8, 4) is 5.75 Å². The highest BCUT2D eigenvalue weighted by Gasteiger charge is 2.19. The van der Waals surface area contributed by atoms with Crippen LogP contribution in [0.1, 0.15) is 48.3 Å². The van der Waals surface area contributed by atoms with Crippen molar-refractivity contribution in [2.24, 2.45) is 11.7 Å². The molecule has 0 spiro atoms. The number of primary amides is 1. The molecule has 0 fully saturated rings. The fraction of sp³-hybridized carbons (Fsp3) is 0.333. The molecular weight excluding hydrogens is 328 g/mol. The molecule has 5 heteroatoms. The average molecular weight is 354 g/mol. The molecule has 2 amide bonds. The van der Waals surface area contributed by atoms with E-state index < -0.39 is 5.91 Å².